The van der Waals surface area contributed by atoms with E-state index in [1.54, 1.807) is 19.9 Å². The van der Waals surface area contributed by atoms with E-state index < -0.39 is 12.0 Å². The van der Waals surface area contributed by atoms with E-state index in [1.807, 2.05) is 66.7 Å². The molecule has 3 N–H and O–H groups in total. The highest BCUT2D eigenvalue weighted by atomic mass is 16.4. The van der Waals surface area contributed by atoms with E-state index in [1.165, 1.54) is 4.90 Å². The van der Waals surface area contributed by atoms with Crippen LogP contribution in [0.2, 0.25) is 0 Å². The second-order valence-electron chi connectivity index (χ2n) is 8.35. The van der Waals surface area contributed by atoms with Gasteiger partial charge in [0, 0.05) is 23.5 Å². The highest BCUT2D eigenvalue weighted by Gasteiger charge is 2.38. The molecule has 168 valence electrons. The van der Waals surface area contributed by atoms with Crippen molar-refractivity contribution in [3.63, 3.8) is 0 Å². The average Bonchev–Trinajstić information content (AvgIpc) is 3.09. The van der Waals surface area contributed by atoms with Gasteiger partial charge in [0.2, 0.25) is 0 Å². The summed E-state index contributed by atoms with van der Waals surface area (Å²) < 4.78 is 0. The van der Waals surface area contributed by atoms with Crippen LogP contribution in [0.3, 0.4) is 0 Å². The topological polar surface area (TPSA) is 98.7 Å². The van der Waals surface area contributed by atoms with Crippen molar-refractivity contribution in [1.82, 2.24) is 4.90 Å². The maximum atomic E-state index is 12.8. The molecule has 0 aliphatic carbocycles. The number of hydrogen-bond donors (Lipinski definition) is 3. The molecular formula is C26H25N3O4. The van der Waals surface area contributed by atoms with E-state index in [2.05, 4.69) is 10.6 Å². The number of carboxylic acids is 1. The predicted molar refractivity (Wildman–Crippen MR) is 127 cm³/mol. The van der Waals surface area contributed by atoms with Crippen LogP contribution in [0.5, 0.6) is 0 Å². The molecule has 4 rings (SSSR count). The molecule has 0 saturated carbocycles. The molecule has 7 nitrogen and oxygen atoms in total. The molecule has 7 heteroatoms. The fourth-order valence-corrected chi connectivity index (χ4v) is 4.09. The first-order valence-electron chi connectivity index (χ1n) is 10.7. The minimum absolute atomic E-state index is 0.195. The number of carbonyl (C=O) groups is 3. The molecule has 1 heterocycles. The summed E-state index contributed by atoms with van der Waals surface area (Å²) >= 11 is 0. The molecule has 0 aromatic heterocycles. The monoisotopic (exact) mass is 443 g/mol. The van der Waals surface area contributed by atoms with Gasteiger partial charge in [0.25, 0.3) is 5.91 Å². The number of nitrogens with one attached hydrogen (secondary N) is 2. The van der Waals surface area contributed by atoms with E-state index >= 15 is 0 Å². The number of para-hydroxylation sites is 1. The fourth-order valence-electron chi connectivity index (χ4n) is 4.09. The van der Waals surface area contributed by atoms with Gasteiger partial charge in [0.1, 0.15) is 6.04 Å². The summed E-state index contributed by atoms with van der Waals surface area (Å²) in [6.07, 6.45) is 0. The first-order chi connectivity index (χ1) is 15.8. The lowest BCUT2D eigenvalue weighted by molar-refractivity contribution is -0.144. The van der Waals surface area contributed by atoms with Crippen LogP contribution in [0, 0.1) is 5.92 Å². The van der Waals surface area contributed by atoms with Crippen LogP contribution >= 0.6 is 0 Å². The molecule has 0 fully saturated rings. The van der Waals surface area contributed by atoms with Crippen LogP contribution in [0.1, 0.15) is 29.8 Å². The van der Waals surface area contributed by atoms with Gasteiger partial charge in [-0.2, -0.15) is 0 Å². The van der Waals surface area contributed by atoms with Crippen LogP contribution in [-0.4, -0.2) is 34.0 Å². The molecule has 3 aromatic carbocycles. The molecule has 1 aliphatic heterocycles. The Balaban J connectivity index is 1.47. The number of amides is 3. The van der Waals surface area contributed by atoms with E-state index in [4.69, 9.17) is 0 Å². The maximum Gasteiger partial charge on any atom is 0.326 e. The van der Waals surface area contributed by atoms with E-state index in [0.717, 1.165) is 16.7 Å². The van der Waals surface area contributed by atoms with Crippen molar-refractivity contribution >= 4 is 29.3 Å². The number of aliphatic carboxylic acids is 1. The third-order valence-corrected chi connectivity index (χ3v) is 5.67. The van der Waals surface area contributed by atoms with Gasteiger partial charge in [-0.05, 0) is 59.0 Å². The Hall–Kier alpha value is -4.13. The summed E-state index contributed by atoms with van der Waals surface area (Å²) in [5.74, 6) is -1.44. The molecular weight excluding hydrogens is 418 g/mol. The molecule has 1 atom stereocenters. The maximum absolute atomic E-state index is 12.8. The van der Waals surface area contributed by atoms with Crippen molar-refractivity contribution < 1.29 is 19.5 Å². The number of carbonyl (C=O) groups excluding carboxylic acids is 2. The van der Waals surface area contributed by atoms with Gasteiger partial charge in [0.15, 0.2) is 0 Å². The van der Waals surface area contributed by atoms with Gasteiger partial charge in [-0.15, -0.1) is 0 Å². The molecule has 0 spiro atoms. The number of rotatable bonds is 6. The number of carboxylic acid groups (broad SMARTS) is 1. The second kappa shape index (κ2) is 9.16. The Bertz CT molecular complexity index is 1190. The molecule has 0 unspecified atom stereocenters. The summed E-state index contributed by atoms with van der Waals surface area (Å²) in [6, 6.07) is 20.9. The normalized spacial score (nSPS) is 13.5. The third-order valence-electron chi connectivity index (χ3n) is 5.67. The largest absolute Gasteiger partial charge is 0.480 e. The van der Waals surface area contributed by atoms with Crippen molar-refractivity contribution in [2.75, 3.05) is 10.6 Å². The highest BCUT2D eigenvalue weighted by molar-refractivity contribution is 6.01. The number of nitrogens with zero attached hydrogens (tertiary/aromatic N) is 1. The first kappa shape index (κ1) is 22.1. The summed E-state index contributed by atoms with van der Waals surface area (Å²) in [5, 5.41) is 15.1. The van der Waals surface area contributed by atoms with Crippen LogP contribution in [-0.2, 0) is 11.3 Å². The lowest BCUT2D eigenvalue weighted by atomic mass is 10.0. The zero-order chi connectivity index (χ0) is 23.5. The molecule has 3 aromatic rings. The lowest BCUT2D eigenvalue weighted by Crippen LogP contribution is -2.44. The lowest BCUT2D eigenvalue weighted by Gasteiger charge is -2.27. The van der Waals surface area contributed by atoms with Gasteiger partial charge in [0.05, 0.1) is 0 Å². The smallest absolute Gasteiger partial charge is 0.326 e. The Morgan fingerprint density at radius 2 is 1.48 bits per heavy atom. The Kier molecular flexibility index (Phi) is 6.13. The number of urea groups is 1. The second-order valence-corrected chi connectivity index (χ2v) is 8.35. The third kappa shape index (κ3) is 4.72. The van der Waals surface area contributed by atoms with E-state index in [9.17, 15) is 19.5 Å². The van der Waals surface area contributed by atoms with Crippen molar-refractivity contribution in [3.8, 4) is 11.1 Å². The summed E-state index contributed by atoms with van der Waals surface area (Å²) in [4.78, 5) is 38.1. The Labute approximate surface area is 192 Å². The van der Waals surface area contributed by atoms with Crippen LogP contribution < -0.4 is 10.6 Å². The number of anilines is 2. The van der Waals surface area contributed by atoms with Crippen LogP contribution in [0.15, 0.2) is 72.8 Å². The predicted octanol–water partition coefficient (Wildman–Crippen LogP) is 5.06. The summed E-state index contributed by atoms with van der Waals surface area (Å²) in [7, 11) is 0. The van der Waals surface area contributed by atoms with Crippen molar-refractivity contribution in [2.24, 2.45) is 5.92 Å². The number of benzene rings is 3. The molecule has 1 aliphatic rings. The zero-order valence-electron chi connectivity index (χ0n) is 18.4. The fraction of sp³-hybridized carbons (Fsp3) is 0.192. The van der Waals surface area contributed by atoms with E-state index in [-0.39, 0.29) is 24.4 Å². The minimum Gasteiger partial charge on any atom is -0.480 e. The van der Waals surface area contributed by atoms with Crippen LogP contribution in [0.25, 0.3) is 11.1 Å². The highest BCUT2D eigenvalue weighted by Crippen LogP contribution is 2.31. The van der Waals surface area contributed by atoms with Crippen molar-refractivity contribution in [1.29, 1.82) is 0 Å². The summed E-state index contributed by atoms with van der Waals surface area (Å²) in [6.45, 7) is 3.88. The molecule has 0 radical (unpaired) electrons. The average molecular weight is 444 g/mol. The SMILES string of the molecule is CC(C)[C@@H](C(=O)O)N1Cc2cc(-c3ccc(NC(=O)Nc4ccccc4)cc3)ccc2C1=O. The van der Waals surface area contributed by atoms with Gasteiger partial charge >= 0.3 is 12.0 Å². The minimum atomic E-state index is -0.995. The van der Waals surface area contributed by atoms with Gasteiger partial charge in [-0.1, -0.05) is 50.2 Å². The molecule has 3 amide bonds. The quantitative estimate of drug-likeness (QED) is 0.496. The number of hydrogen-bond acceptors (Lipinski definition) is 3. The number of fused-ring (bicyclic) bond motifs is 1. The molecule has 33 heavy (non-hydrogen) atoms. The van der Waals surface area contributed by atoms with Crippen molar-refractivity contribution in [3.05, 3.63) is 83.9 Å². The van der Waals surface area contributed by atoms with Gasteiger partial charge in [-0.3, -0.25) is 4.79 Å². The Morgan fingerprint density at radius 1 is 0.879 bits per heavy atom. The summed E-state index contributed by atoms with van der Waals surface area (Å²) in [5.41, 5.74) is 4.55. The van der Waals surface area contributed by atoms with E-state index in [0.29, 0.717) is 16.9 Å². The van der Waals surface area contributed by atoms with Crippen LogP contribution in [0.4, 0.5) is 16.2 Å². The molecule has 0 saturated heterocycles. The Morgan fingerprint density at radius 3 is 2.09 bits per heavy atom. The first-order valence-corrected chi connectivity index (χ1v) is 10.7. The zero-order valence-corrected chi connectivity index (χ0v) is 18.4. The standard InChI is InChI=1S/C26H25N3O4/c1-16(2)23(25(31)32)29-15-19-14-18(10-13-22(19)24(29)30)17-8-11-21(12-9-17)28-26(33)27-20-6-4-3-5-7-20/h3-14,16,23H,15H2,1-2H3,(H,31,32)(H2,27,28,33)/t23-/m0/s1. The van der Waals surface area contributed by atoms with Crippen molar-refractivity contribution in [2.45, 2.75) is 26.4 Å². The molecule has 0 bridgehead atoms. The van der Waals surface area contributed by atoms with Gasteiger partial charge < -0.3 is 20.6 Å². The van der Waals surface area contributed by atoms with Gasteiger partial charge in [-0.25, -0.2) is 9.59 Å².